The molecule has 0 aromatic heterocycles. The van der Waals surface area contributed by atoms with E-state index in [9.17, 15) is 0 Å². The molecule has 0 aliphatic heterocycles. The molecule has 144 valence electrons. The summed E-state index contributed by atoms with van der Waals surface area (Å²) < 4.78 is 0. The van der Waals surface area contributed by atoms with E-state index in [-0.39, 0.29) is 0 Å². The molecule has 0 heterocycles. The first-order valence-electron chi connectivity index (χ1n) is 11.4. The van der Waals surface area contributed by atoms with Crippen LogP contribution in [0.2, 0.25) is 0 Å². The lowest BCUT2D eigenvalue weighted by atomic mass is 9.71. The summed E-state index contributed by atoms with van der Waals surface area (Å²) in [5, 5.41) is 0. The van der Waals surface area contributed by atoms with Crippen LogP contribution in [0.15, 0.2) is 0 Å². The van der Waals surface area contributed by atoms with Gasteiger partial charge < -0.3 is 0 Å². The van der Waals surface area contributed by atoms with Gasteiger partial charge in [0.2, 0.25) is 0 Å². The second kappa shape index (κ2) is 10.9. The van der Waals surface area contributed by atoms with Gasteiger partial charge in [-0.15, -0.1) is 0 Å². The normalized spacial score (nSPS) is 30.0. The van der Waals surface area contributed by atoms with Crippen LogP contribution >= 0.6 is 0 Å². The molecule has 0 aromatic rings. The maximum atomic E-state index is 2.59. The molecule has 0 nitrogen and oxygen atoms in total. The molecule has 1 fully saturated rings. The van der Waals surface area contributed by atoms with E-state index in [4.69, 9.17) is 0 Å². The lowest BCUT2D eigenvalue weighted by molar-refractivity contribution is 0.158. The summed E-state index contributed by atoms with van der Waals surface area (Å²) in [6, 6.07) is 0. The molecular formula is C24H48. The Hall–Kier alpha value is 0. The molecule has 24 heavy (non-hydrogen) atoms. The van der Waals surface area contributed by atoms with E-state index >= 15 is 0 Å². The fourth-order valence-electron chi connectivity index (χ4n) is 5.73. The average Bonchev–Trinajstić information content (AvgIpc) is 2.87. The Morgan fingerprint density at radius 2 is 1.67 bits per heavy atom. The molecule has 1 rings (SSSR count). The van der Waals surface area contributed by atoms with Crippen LogP contribution in [-0.4, -0.2) is 0 Å². The van der Waals surface area contributed by atoms with Gasteiger partial charge in [-0.2, -0.15) is 0 Å². The van der Waals surface area contributed by atoms with Gasteiger partial charge in [0.15, 0.2) is 0 Å². The Morgan fingerprint density at radius 3 is 2.17 bits per heavy atom. The second-order valence-electron chi connectivity index (χ2n) is 9.58. The van der Waals surface area contributed by atoms with E-state index in [2.05, 4.69) is 48.5 Å². The van der Waals surface area contributed by atoms with Gasteiger partial charge in [-0.3, -0.25) is 0 Å². The first kappa shape index (κ1) is 22.0. The van der Waals surface area contributed by atoms with Crippen molar-refractivity contribution in [1.82, 2.24) is 0 Å². The molecule has 0 bridgehead atoms. The van der Waals surface area contributed by atoms with Crippen molar-refractivity contribution < 1.29 is 0 Å². The number of rotatable bonds is 12. The Morgan fingerprint density at radius 1 is 0.958 bits per heavy atom. The van der Waals surface area contributed by atoms with E-state index in [1.54, 1.807) is 0 Å². The van der Waals surface area contributed by atoms with Gasteiger partial charge in [0.25, 0.3) is 0 Å². The molecule has 0 spiro atoms. The van der Waals surface area contributed by atoms with Crippen molar-refractivity contribution in [2.75, 3.05) is 0 Å². The molecular weight excluding hydrogens is 288 g/mol. The van der Waals surface area contributed by atoms with Crippen LogP contribution in [0.3, 0.4) is 0 Å². The van der Waals surface area contributed by atoms with Crippen molar-refractivity contribution in [3.05, 3.63) is 0 Å². The highest BCUT2D eigenvalue weighted by Crippen LogP contribution is 2.52. The molecule has 5 unspecified atom stereocenters. The summed E-state index contributed by atoms with van der Waals surface area (Å²) in [5.41, 5.74) is 0.644. The zero-order chi connectivity index (χ0) is 18.2. The van der Waals surface area contributed by atoms with Crippen molar-refractivity contribution in [3.63, 3.8) is 0 Å². The largest absolute Gasteiger partial charge is 0.0654 e. The molecule has 1 aliphatic carbocycles. The minimum absolute atomic E-state index is 0.644. The summed E-state index contributed by atoms with van der Waals surface area (Å²) in [6.07, 6.45) is 15.9. The van der Waals surface area contributed by atoms with Crippen LogP contribution in [0.25, 0.3) is 0 Å². The van der Waals surface area contributed by atoms with E-state index < -0.39 is 0 Å². The molecule has 1 saturated carbocycles. The SMILES string of the molecule is CCCC(CCC1CCC(C)(CC)C1CCC)CC(CC)C(C)C. The van der Waals surface area contributed by atoms with Crippen LogP contribution in [0, 0.1) is 35.0 Å². The fourth-order valence-corrected chi connectivity index (χ4v) is 5.73. The van der Waals surface area contributed by atoms with Gasteiger partial charge in [-0.1, -0.05) is 87.0 Å². The van der Waals surface area contributed by atoms with Gasteiger partial charge >= 0.3 is 0 Å². The molecule has 0 amide bonds. The van der Waals surface area contributed by atoms with Crippen LogP contribution in [0.1, 0.15) is 119 Å². The number of hydrogen-bond donors (Lipinski definition) is 0. The summed E-state index contributed by atoms with van der Waals surface area (Å²) in [5.74, 6) is 4.81. The quantitative estimate of drug-likeness (QED) is 0.335. The van der Waals surface area contributed by atoms with Gasteiger partial charge in [-0.05, 0) is 67.1 Å². The zero-order valence-corrected chi connectivity index (χ0v) is 18.2. The summed E-state index contributed by atoms with van der Waals surface area (Å²) in [6.45, 7) is 17.0. The van der Waals surface area contributed by atoms with Crippen LogP contribution in [0.4, 0.5) is 0 Å². The van der Waals surface area contributed by atoms with E-state index in [0.717, 1.165) is 29.6 Å². The average molecular weight is 337 g/mol. The van der Waals surface area contributed by atoms with Gasteiger partial charge in [0.05, 0.1) is 0 Å². The first-order valence-corrected chi connectivity index (χ1v) is 11.4. The Labute approximate surface area is 154 Å². The molecule has 1 aliphatic rings. The molecule has 0 saturated heterocycles. The Kier molecular flexibility index (Phi) is 9.98. The van der Waals surface area contributed by atoms with E-state index in [1.165, 1.54) is 70.6 Å². The topological polar surface area (TPSA) is 0 Å². The van der Waals surface area contributed by atoms with Crippen LogP contribution in [0.5, 0.6) is 0 Å². The first-order chi connectivity index (χ1) is 11.4. The van der Waals surface area contributed by atoms with E-state index in [0.29, 0.717) is 5.41 Å². The Balaban J connectivity index is 2.62. The molecule has 0 radical (unpaired) electrons. The van der Waals surface area contributed by atoms with E-state index in [1.807, 2.05) is 0 Å². The monoisotopic (exact) mass is 336 g/mol. The molecule has 0 aromatic carbocycles. The minimum Gasteiger partial charge on any atom is -0.0654 e. The standard InChI is InChI=1S/C24H48/c1-8-12-20(18-21(10-3)19(5)6)14-15-22-16-17-24(7,11-4)23(22)13-9-2/h19-23H,8-18H2,1-7H3. The van der Waals surface area contributed by atoms with Gasteiger partial charge in [0.1, 0.15) is 0 Å². The lowest BCUT2D eigenvalue weighted by Crippen LogP contribution is -2.25. The fraction of sp³-hybridized carbons (Fsp3) is 1.00. The number of hydrogen-bond acceptors (Lipinski definition) is 0. The summed E-state index contributed by atoms with van der Waals surface area (Å²) in [4.78, 5) is 0. The van der Waals surface area contributed by atoms with Crippen molar-refractivity contribution >= 4 is 0 Å². The van der Waals surface area contributed by atoms with Crippen molar-refractivity contribution in [1.29, 1.82) is 0 Å². The summed E-state index contributed by atoms with van der Waals surface area (Å²) >= 11 is 0. The highest BCUT2D eigenvalue weighted by atomic mass is 14.5. The van der Waals surface area contributed by atoms with Crippen molar-refractivity contribution in [2.24, 2.45) is 35.0 Å². The predicted octanol–water partition coefficient (Wildman–Crippen LogP) is 8.50. The highest BCUT2D eigenvalue weighted by Gasteiger charge is 2.42. The molecule has 0 heteroatoms. The van der Waals surface area contributed by atoms with Crippen molar-refractivity contribution in [3.8, 4) is 0 Å². The Bertz CT molecular complexity index is 318. The predicted molar refractivity (Wildman–Crippen MR) is 110 cm³/mol. The smallest absolute Gasteiger partial charge is 0.0297 e. The molecule has 0 N–H and O–H groups in total. The third kappa shape index (κ3) is 6.06. The zero-order valence-electron chi connectivity index (χ0n) is 18.2. The third-order valence-corrected chi connectivity index (χ3v) is 7.70. The van der Waals surface area contributed by atoms with Gasteiger partial charge in [0, 0.05) is 0 Å². The minimum atomic E-state index is 0.644. The highest BCUT2D eigenvalue weighted by molar-refractivity contribution is 4.93. The second-order valence-corrected chi connectivity index (χ2v) is 9.58. The van der Waals surface area contributed by atoms with Crippen LogP contribution in [-0.2, 0) is 0 Å². The maximum Gasteiger partial charge on any atom is -0.0297 e. The maximum absolute atomic E-state index is 2.59. The van der Waals surface area contributed by atoms with Crippen LogP contribution < -0.4 is 0 Å². The van der Waals surface area contributed by atoms with Gasteiger partial charge in [-0.25, -0.2) is 0 Å². The van der Waals surface area contributed by atoms with Crippen molar-refractivity contribution in [2.45, 2.75) is 119 Å². The third-order valence-electron chi connectivity index (χ3n) is 7.70. The molecule has 5 atom stereocenters. The lowest BCUT2D eigenvalue weighted by Gasteiger charge is -2.34. The summed E-state index contributed by atoms with van der Waals surface area (Å²) in [7, 11) is 0.